The molecule has 2 nitrogen and oxygen atoms in total. The lowest BCUT2D eigenvalue weighted by Gasteiger charge is -2.31. The highest BCUT2D eigenvalue weighted by atomic mass is 16.5. The van der Waals surface area contributed by atoms with Crippen molar-refractivity contribution >= 4 is 0 Å². The van der Waals surface area contributed by atoms with Crippen molar-refractivity contribution in [2.45, 2.75) is 27.2 Å². The monoisotopic (exact) mass is 248 g/mol. The summed E-state index contributed by atoms with van der Waals surface area (Å²) in [6.45, 7) is 11.4. The van der Waals surface area contributed by atoms with Crippen molar-refractivity contribution < 1.29 is 9.64 Å². The zero-order valence-corrected chi connectivity index (χ0v) is 11.9. The lowest BCUT2D eigenvalue weighted by molar-refractivity contribution is -0.912. The molecule has 1 aliphatic heterocycles. The third-order valence-corrected chi connectivity index (χ3v) is 3.79. The molecule has 0 aliphatic carbocycles. The van der Waals surface area contributed by atoms with Crippen LogP contribution in [-0.4, -0.2) is 26.2 Å². The van der Waals surface area contributed by atoms with Gasteiger partial charge in [-0.2, -0.15) is 0 Å². The van der Waals surface area contributed by atoms with Crippen LogP contribution in [0.15, 0.2) is 24.3 Å². The summed E-state index contributed by atoms with van der Waals surface area (Å²) in [5, 5.41) is 0. The molecule has 1 fully saturated rings. The van der Waals surface area contributed by atoms with E-state index in [1.54, 1.807) is 4.90 Å². The third kappa shape index (κ3) is 4.02. The number of aryl methyl sites for hydroxylation is 1. The van der Waals surface area contributed by atoms with Crippen molar-refractivity contribution in [2.75, 3.05) is 26.2 Å². The number of likely N-dealkylation sites (tertiary alicyclic amines) is 1. The van der Waals surface area contributed by atoms with Gasteiger partial charge in [-0.25, -0.2) is 0 Å². The van der Waals surface area contributed by atoms with Gasteiger partial charge in [-0.1, -0.05) is 26.0 Å². The van der Waals surface area contributed by atoms with E-state index in [0.29, 0.717) is 0 Å². The van der Waals surface area contributed by atoms with Crippen LogP contribution in [0.3, 0.4) is 0 Å². The van der Waals surface area contributed by atoms with Gasteiger partial charge >= 0.3 is 0 Å². The van der Waals surface area contributed by atoms with E-state index in [1.165, 1.54) is 25.1 Å². The SMILES string of the molecule is Cc1cccc(OCC[NH+]2C[C@H](C)C[C@H](C)C2)c1. The number of hydrogen-bond acceptors (Lipinski definition) is 1. The van der Waals surface area contributed by atoms with E-state index in [2.05, 4.69) is 39.0 Å². The van der Waals surface area contributed by atoms with Gasteiger partial charge in [0.15, 0.2) is 0 Å². The third-order valence-electron chi connectivity index (χ3n) is 3.79. The van der Waals surface area contributed by atoms with E-state index < -0.39 is 0 Å². The van der Waals surface area contributed by atoms with Crippen LogP contribution in [0, 0.1) is 18.8 Å². The van der Waals surface area contributed by atoms with Crippen LogP contribution in [0.25, 0.3) is 0 Å². The van der Waals surface area contributed by atoms with Crippen molar-refractivity contribution in [3.05, 3.63) is 29.8 Å². The lowest BCUT2D eigenvalue weighted by atomic mass is 9.92. The molecule has 0 amide bonds. The minimum absolute atomic E-state index is 0.832. The number of quaternary nitrogens is 1. The van der Waals surface area contributed by atoms with Crippen molar-refractivity contribution in [1.82, 2.24) is 0 Å². The largest absolute Gasteiger partial charge is 0.488 e. The molecule has 1 aliphatic rings. The molecule has 2 heteroatoms. The Balaban J connectivity index is 1.75. The van der Waals surface area contributed by atoms with Gasteiger partial charge in [-0.3, -0.25) is 0 Å². The fourth-order valence-electron chi connectivity index (χ4n) is 3.14. The Morgan fingerprint density at radius 1 is 1.22 bits per heavy atom. The van der Waals surface area contributed by atoms with Gasteiger partial charge in [0.2, 0.25) is 0 Å². The first-order chi connectivity index (χ1) is 8.63. The van der Waals surface area contributed by atoms with Gasteiger partial charge in [0.25, 0.3) is 0 Å². The maximum absolute atomic E-state index is 5.84. The first kappa shape index (κ1) is 13.4. The normalized spacial score (nSPS) is 28.1. The molecule has 1 N–H and O–H groups in total. The molecule has 1 aromatic carbocycles. The minimum atomic E-state index is 0.832. The summed E-state index contributed by atoms with van der Waals surface area (Å²) >= 11 is 0. The molecular formula is C16H26NO+. The molecule has 2 rings (SSSR count). The maximum atomic E-state index is 5.84. The second kappa shape index (κ2) is 6.24. The Hall–Kier alpha value is -1.02. The number of hydrogen-bond donors (Lipinski definition) is 1. The quantitative estimate of drug-likeness (QED) is 0.859. The summed E-state index contributed by atoms with van der Waals surface area (Å²) in [6.07, 6.45) is 1.39. The molecule has 0 aromatic heterocycles. The molecule has 0 saturated carbocycles. The van der Waals surface area contributed by atoms with E-state index in [1.807, 2.05) is 6.07 Å². The molecule has 0 radical (unpaired) electrons. The van der Waals surface area contributed by atoms with Gasteiger partial charge in [0.1, 0.15) is 18.9 Å². The molecule has 18 heavy (non-hydrogen) atoms. The minimum Gasteiger partial charge on any atom is -0.488 e. The topological polar surface area (TPSA) is 13.7 Å². The van der Waals surface area contributed by atoms with Gasteiger partial charge in [0, 0.05) is 11.8 Å². The zero-order valence-electron chi connectivity index (χ0n) is 11.9. The number of rotatable bonds is 4. The first-order valence-electron chi connectivity index (χ1n) is 7.16. The smallest absolute Gasteiger partial charge is 0.137 e. The summed E-state index contributed by atoms with van der Waals surface area (Å²) in [5.41, 5.74) is 1.26. The molecule has 1 aromatic rings. The highest BCUT2D eigenvalue weighted by molar-refractivity contribution is 5.27. The molecule has 3 atom stereocenters. The number of piperidine rings is 1. The second-order valence-corrected chi connectivity index (χ2v) is 6.02. The Morgan fingerprint density at radius 3 is 2.61 bits per heavy atom. The van der Waals surface area contributed by atoms with E-state index in [4.69, 9.17) is 4.74 Å². The van der Waals surface area contributed by atoms with Crippen molar-refractivity contribution in [3.8, 4) is 5.75 Å². The van der Waals surface area contributed by atoms with Crippen LogP contribution in [0.2, 0.25) is 0 Å². The number of ether oxygens (including phenoxy) is 1. The van der Waals surface area contributed by atoms with Crippen molar-refractivity contribution in [3.63, 3.8) is 0 Å². The maximum Gasteiger partial charge on any atom is 0.137 e. The molecule has 1 saturated heterocycles. The Labute approximate surface area is 111 Å². The fraction of sp³-hybridized carbons (Fsp3) is 0.625. The fourth-order valence-corrected chi connectivity index (χ4v) is 3.14. The standard InChI is InChI=1S/C16H25NO/c1-13-5-4-6-16(10-13)18-8-7-17-11-14(2)9-15(3)12-17/h4-6,10,14-15H,7-9,11-12H2,1-3H3/p+1/t14-,15+. The molecule has 1 heterocycles. The summed E-state index contributed by atoms with van der Waals surface area (Å²) in [4.78, 5) is 1.70. The van der Waals surface area contributed by atoms with Gasteiger partial charge in [-0.15, -0.1) is 0 Å². The van der Waals surface area contributed by atoms with E-state index >= 15 is 0 Å². The van der Waals surface area contributed by atoms with Gasteiger partial charge < -0.3 is 9.64 Å². The van der Waals surface area contributed by atoms with Gasteiger partial charge in [-0.05, 0) is 31.0 Å². The van der Waals surface area contributed by atoms with E-state index in [9.17, 15) is 0 Å². The Morgan fingerprint density at radius 2 is 1.94 bits per heavy atom. The molecule has 0 spiro atoms. The van der Waals surface area contributed by atoms with Crippen LogP contribution >= 0.6 is 0 Å². The van der Waals surface area contributed by atoms with Crippen LogP contribution < -0.4 is 9.64 Å². The van der Waals surface area contributed by atoms with Crippen molar-refractivity contribution in [1.29, 1.82) is 0 Å². The highest BCUT2D eigenvalue weighted by Gasteiger charge is 2.24. The van der Waals surface area contributed by atoms with Gasteiger partial charge in [0.05, 0.1) is 13.1 Å². The molecule has 0 bridgehead atoms. The Kier molecular flexibility index (Phi) is 4.65. The summed E-state index contributed by atoms with van der Waals surface area (Å²) in [6, 6.07) is 8.31. The summed E-state index contributed by atoms with van der Waals surface area (Å²) in [7, 11) is 0. The summed E-state index contributed by atoms with van der Waals surface area (Å²) < 4.78 is 5.84. The highest BCUT2D eigenvalue weighted by Crippen LogP contribution is 2.13. The van der Waals surface area contributed by atoms with E-state index in [0.717, 1.165) is 30.7 Å². The van der Waals surface area contributed by atoms with Crippen LogP contribution in [-0.2, 0) is 0 Å². The van der Waals surface area contributed by atoms with E-state index in [-0.39, 0.29) is 0 Å². The lowest BCUT2D eigenvalue weighted by Crippen LogP contribution is -3.14. The van der Waals surface area contributed by atoms with Crippen LogP contribution in [0.1, 0.15) is 25.8 Å². The number of nitrogens with one attached hydrogen (secondary N) is 1. The van der Waals surface area contributed by atoms with Crippen molar-refractivity contribution in [2.24, 2.45) is 11.8 Å². The predicted octanol–water partition coefficient (Wildman–Crippen LogP) is 1.93. The average molecular weight is 248 g/mol. The summed E-state index contributed by atoms with van der Waals surface area (Å²) in [5.74, 6) is 2.73. The number of benzene rings is 1. The van der Waals surface area contributed by atoms with Crippen LogP contribution in [0.5, 0.6) is 5.75 Å². The first-order valence-corrected chi connectivity index (χ1v) is 7.16. The second-order valence-electron chi connectivity index (χ2n) is 6.02. The zero-order chi connectivity index (χ0) is 13.0. The molecule has 100 valence electrons. The average Bonchev–Trinajstić information content (AvgIpc) is 2.27. The van der Waals surface area contributed by atoms with Crippen LogP contribution in [0.4, 0.5) is 0 Å². The molecular weight excluding hydrogens is 222 g/mol. The Bertz CT molecular complexity index is 367. The predicted molar refractivity (Wildman–Crippen MR) is 75.2 cm³/mol. The molecule has 1 unspecified atom stereocenters.